The highest BCUT2D eigenvalue weighted by molar-refractivity contribution is 5.99. The number of benzene rings is 7. The number of anilines is 3. The molecule has 0 N–H and O–H groups in total. The first kappa shape index (κ1) is 35.7. The molecule has 7 aromatic carbocycles. The second-order valence-electron chi connectivity index (χ2n) is 14.8. The molecule has 2 aliphatic carbocycles. The maximum Gasteiger partial charge on any atom is 0.0713 e. The summed E-state index contributed by atoms with van der Waals surface area (Å²) < 4.78 is 0. The minimum Gasteiger partial charge on any atom is -0.310 e. The fraction of sp³-hybridized carbons (Fsp3) is 0.0714. The summed E-state index contributed by atoms with van der Waals surface area (Å²) >= 11 is 0. The number of hydrogen-bond donors (Lipinski definition) is 0. The van der Waals surface area contributed by atoms with E-state index in [1.807, 2.05) is 13.0 Å². The van der Waals surface area contributed by atoms with E-state index in [1.165, 1.54) is 60.9 Å². The van der Waals surface area contributed by atoms with Gasteiger partial charge in [-0.25, -0.2) is 0 Å². The van der Waals surface area contributed by atoms with E-state index in [9.17, 15) is 0 Å². The molecule has 7 aromatic rings. The van der Waals surface area contributed by atoms with E-state index < -0.39 is 5.41 Å². The topological polar surface area (TPSA) is 3.24 Å². The zero-order valence-corrected chi connectivity index (χ0v) is 32.6. The van der Waals surface area contributed by atoms with Crippen molar-refractivity contribution in [3.63, 3.8) is 0 Å². The van der Waals surface area contributed by atoms with Crippen LogP contribution in [0.2, 0.25) is 0 Å². The van der Waals surface area contributed by atoms with Crippen molar-refractivity contribution >= 4 is 39.5 Å². The Hall–Kier alpha value is -6.96. The van der Waals surface area contributed by atoms with Crippen molar-refractivity contribution in [3.8, 4) is 11.1 Å². The van der Waals surface area contributed by atoms with Gasteiger partial charge in [-0.1, -0.05) is 189 Å². The quantitative estimate of drug-likeness (QED) is 0.127. The monoisotopic (exact) mass is 731 g/mol. The molecule has 0 radical (unpaired) electrons. The van der Waals surface area contributed by atoms with E-state index in [-0.39, 0.29) is 0 Å². The van der Waals surface area contributed by atoms with Gasteiger partial charge in [0.15, 0.2) is 0 Å². The highest BCUT2D eigenvalue weighted by Gasteiger charge is 2.47. The van der Waals surface area contributed by atoms with Crippen LogP contribution in [0.3, 0.4) is 0 Å². The lowest BCUT2D eigenvalue weighted by molar-refractivity contribution is 0.768. The Morgan fingerprint density at radius 1 is 0.632 bits per heavy atom. The molecule has 2 aliphatic rings. The molecule has 57 heavy (non-hydrogen) atoms. The fourth-order valence-electron chi connectivity index (χ4n) is 9.16. The van der Waals surface area contributed by atoms with E-state index in [2.05, 4.69) is 225 Å². The maximum absolute atomic E-state index is 3.95. The number of hydrogen-bond acceptors (Lipinski definition) is 1. The predicted octanol–water partition coefficient (Wildman–Crippen LogP) is 14.9. The first-order valence-corrected chi connectivity index (χ1v) is 19.9. The molecule has 274 valence electrons. The molecule has 0 aliphatic heterocycles. The van der Waals surface area contributed by atoms with E-state index >= 15 is 0 Å². The van der Waals surface area contributed by atoms with E-state index in [0.29, 0.717) is 0 Å². The summed E-state index contributed by atoms with van der Waals surface area (Å²) in [6, 6.07) is 58.5. The molecule has 0 fully saturated rings. The van der Waals surface area contributed by atoms with Gasteiger partial charge >= 0.3 is 0 Å². The summed E-state index contributed by atoms with van der Waals surface area (Å²) in [6.07, 6.45) is 20.0. The molecule has 1 nitrogen and oxygen atoms in total. The van der Waals surface area contributed by atoms with Crippen LogP contribution >= 0.6 is 0 Å². The third-order valence-corrected chi connectivity index (χ3v) is 11.6. The lowest BCUT2D eigenvalue weighted by Crippen LogP contribution is -2.28. The zero-order chi connectivity index (χ0) is 38.8. The van der Waals surface area contributed by atoms with Crippen molar-refractivity contribution in [3.05, 3.63) is 257 Å². The molecular weight excluding hydrogens is 687 g/mol. The van der Waals surface area contributed by atoms with Gasteiger partial charge in [0.2, 0.25) is 0 Å². The standard InChI is InChI=1S/C56H45N/c1-4-7-9-19-40-38-44-30-37-53-55(51(44)39-40)50-25-14-15-26-52(50)56(53,45-22-10-8-11-23-45)46-31-35-48(36-32-46)57(54-27-16-21-43-20-12-13-24-49(43)54)47-33-28-42(29-34-47)41(17-5-2)18-6-3/h4-38H,2,39H2,1,3H3/b7-4-,18-6-,19-9-,41-17+. The van der Waals surface area contributed by atoms with Crippen LogP contribution < -0.4 is 4.90 Å². The largest absolute Gasteiger partial charge is 0.310 e. The van der Waals surface area contributed by atoms with Gasteiger partial charge in [0, 0.05) is 16.8 Å². The highest BCUT2D eigenvalue weighted by atomic mass is 15.1. The minimum absolute atomic E-state index is 0.489. The smallest absolute Gasteiger partial charge is 0.0713 e. The number of nitrogens with zero attached hydrogens (tertiary/aromatic N) is 1. The lowest BCUT2D eigenvalue weighted by Gasteiger charge is -2.34. The van der Waals surface area contributed by atoms with Crippen molar-refractivity contribution in [1.29, 1.82) is 0 Å². The summed E-state index contributed by atoms with van der Waals surface area (Å²) in [7, 11) is 0. The first-order chi connectivity index (χ1) is 28.1. The van der Waals surface area contributed by atoms with Gasteiger partial charge in [0.1, 0.15) is 0 Å². The molecule has 0 saturated carbocycles. The van der Waals surface area contributed by atoms with Crippen LogP contribution in [0.4, 0.5) is 17.1 Å². The molecule has 1 heteroatoms. The van der Waals surface area contributed by atoms with Gasteiger partial charge in [-0.2, -0.15) is 0 Å². The van der Waals surface area contributed by atoms with Crippen LogP contribution in [0.5, 0.6) is 0 Å². The van der Waals surface area contributed by atoms with Gasteiger partial charge in [-0.05, 0) is 117 Å². The number of fused-ring (bicyclic) bond motifs is 6. The summed E-state index contributed by atoms with van der Waals surface area (Å²) in [5.74, 6) is 0. The van der Waals surface area contributed by atoms with Gasteiger partial charge in [-0.15, -0.1) is 0 Å². The molecule has 0 amide bonds. The third kappa shape index (κ3) is 6.13. The van der Waals surface area contributed by atoms with Gasteiger partial charge in [0.05, 0.1) is 11.1 Å². The first-order valence-electron chi connectivity index (χ1n) is 19.9. The number of rotatable bonds is 10. The Kier molecular flexibility index (Phi) is 9.58. The van der Waals surface area contributed by atoms with Crippen LogP contribution in [0, 0.1) is 0 Å². The average Bonchev–Trinajstić information content (AvgIpc) is 3.82. The van der Waals surface area contributed by atoms with E-state index in [0.717, 1.165) is 34.6 Å². The SMILES string of the molecule is C=C/C=C(\C=C/C)c1ccc(N(c2ccc(C3(c4ccccc4)c4ccccc4-c4c3ccc3c4CC(/C=C\C=C/C)=C3)cc2)c2cccc3ccccc23)cc1. The van der Waals surface area contributed by atoms with E-state index in [1.54, 1.807) is 0 Å². The normalized spacial score (nSPS) is 16.0. The molecule has 0 bridgehead atoms. The maximum atomic E-state index is 3.95. The minimum atomic E-state index is -0.489. The second kappa shape index (κ2) is 15.3. The Balaban J connectivity index is 1.22. The summed E-state index contributed by atoms with van der Waals surface area (Å²) in [5, 5.41) is 2.42. The molecular formula is C56H45N. The number of allylic oxidation sites excluding steroid dienone is 10. The summed E-state index contributed by atoms with van der Waals surface area (Å²) in [4.78, 5) is 2.40. The molecule has 0 heterocycles. The van der Waals surface area contributed by atoms with Gasteiger partial charge in [0.25, 0.3) is 0 Å². The zero-order valence-electron chi connectivity index (χ0n) is 32.6. The van der Waals surface area contributed by atoms with Gasteiger partial charge in [-0.3, -0.25) is 0 Å². The highest BCUT2D eigenvalue weighted by Crippen LogP contribution is 2.58. The average molecular weight is 732 g/mol. The predicted molar refractivity (Wildman–Crippen MR) is 245 cm³/mol. The van der Waals surface area contributed by atoms with Gasteiger partial charge < -0.3 is 4.90 Å². The van der Waals surface area contributed by atoms with E-state index in [4.69, 9.17) is 0 Å². The van der Waals surface area contributed by atoms with Crippen LogP contribution in [0.1, 0.15) is 52.8 Å². The molecule has 0 spiro atoms. The van der Waals surface area contributed by atoms with Crippen LogP contribution in [0.15, 0.2) is 218 Å². The lowest BCUT2D eigenvalue weighted by atomic mass is 9.67. The van der Waals surface area contributed by atoms with Crippen LogP contribution in [-0.2, 0) is 11.8 Å². The summed E-state index contributed by atoms with van der Waals surface area (Å²) in [5.41, 5.74) is 17.1. The van der Waals surface area contributed by atoms with Crippen molar-refractivity contribution in [1.82, 2.24) is 0 Å². The van der Waals surface area contributed by atoms with Crippen molar-refractivity contribution in [2.24, 2.45) is 0 Å². The summed E-state index contributed by atoms with van der Waals surface area (Å²) in [6.45, 7) is 8.06. The second-order valence-corrected chi connectivity index (χ2v) is 14.8. The molecule has 1 atom stereocenters. The Bertz CT molecular complexity index is 2770. The van der Waals surface area contributed by atoms with Crippen LogP contribution in [-0.4, -0.2) is 0 Å². The molecule has 0 aromatic heterocycles. The molecule has 9 rings (SSSR count). The molecule has 1 unspecified atom stereocenters. The molecule has 0 saturated heterocycles. The third-order valence-electron chi connectivity index (χ3n) is 11.6. The fourth-order valence-corrected chi connectivity index (χ4v) is 9.16. The Morgan fingerprint density at radius 2 is 1.33 bits per heavy atom. The Labute approximate surface area is 337 Å². The van der Waals surface area contributed by atoms with Crippen molar-refractivity contribution in [2.45, 2.75) is 25.7 Å². The van der Waals surface area contributed by atoms with Crippen molar-refractivity contribution < 1.29 is 0 Å². The van der Waals surface area contributed by atoms with Crippen molar-refractivity contribution in [2.75, 3.05) is 4.90 Å². The van der Waals surface area contributed by atoms with Crippen LogP contribution in [0.25, 0.3) is 33.5 Å². The Morgan fingerprint density at radius 3 is 2.11 bits per heavy atom.